The normalized spacial score (nSPS) is 12.6. The standard InChI is InChI=1S/C17H19ClF3N3O4S/c1-4-24-16(26)11(7-22-24)15(25)10-5-6-13(29(3,27)28)12(14(10)18)8-23(2)9-17(19,20)21/h5-7,22H,4,8-9H2,1-3H3. The average Bonchev–Trinajstić information content (AvgIpc) is 2.94. The second kappa shape index (κ2) is 8.33. The summed E-state index contributed by atoms with van der Waals surface area (Å²) >= 11 is 6.26. The van der Waals surface area contributed by atoms with E-state index in [1.54, 1.807) is 6.92 Å². The molecule has 1 heterocycles. The highest BCUT2D eigenvalue weighted by atomic mass is 35.5. The third-order valence-electron chi connectivity index (χ3n) is 4.12. The van der Waals surface area contributed by atoms with E-state index >= 15 is 0 Å². The van der Waals surface area contributed by atoms with Crippen LogP contribution in [0.3, 0.4) is 0 Å². The Morgan fingerprint density at radius 3 is 2.38 bits per heavy atom. The number of nitrogens with zero attached hydrogens (tertiary/aromatic N) is 2. The number of carbonyl (C=O) groups excluding carboxylic acids is 1. The van der Waals surface area contributed by atoms with Crippen LogP contribution in [0.2, 0.25) is 5.02 Å². The average molecular weight is 454 g/mol. The number of alkyl halides is 3. The van der Waals surface area contributed by atoms with Crippen LogP contribution in [0.4, 0.5) is 13.2 Å². The summed E-state index contributed by atoms with van der Waals surface area (Å²) in [6, 6.07) is 2.26. The number of ketones is 1. The smallest absolute Gasteiger partial charge is 0.302 e. The van der Waals surface area contributed by atoms with Gasteiger partial charge in [-0.3, -0.25) is 19.2 Å². The molecule has 0 bridgehead atoms. The molecule has 1 aromatic heterocycles. The van der Waals surface area contributed by atoms with Crippen molar-refractivity contribution < 1.29 is 26.4 Å². The molecule has 2 rings (SSSR count). The van der Waals surface area contributed by atoms with E-state index in [1.165, 1.54) is 10.9 Å². The zero-order valence-corrected chi connectivity index (χ0v) is 17.4. The monoisotopic (exact) mass is 453 g/mol. The molecule has 1 aromatic carbocycles. The van der Waals surface area contributed by atoms with E-state index < -0.39 is 40.4 Å². The van der Waals surface area contributed by atoms with E-state index in [0.717, 1.165) is 30.3 Å². The summed E-state index contributed by atoms with van der Waals surface area (Å²) in [4.78, 5) is 25.5. The number of nitrogens with one attached hydrogen (secondary N) is 1. The fourth-order valence-electron chi connectivity index (χ4n) is 2.86. The van der Waals surface area contributed by atoms with Crippen LogP contribution < -0.4 is 5.56 Å². The molecule has 0 amide bonds. The zero-order valence-electron chi connectivity index (χ0n) is 15.8. The summed E-state index contributed by atoms with van der Waals surface area (Å²) in [5, 5.41) is 2.30. The van der Waals surface area contributed by atoms with Crippen LogP contribution in [0.5, 0.6) is 0 Å². The van der Waals surface area contributed by atoms with Gasteiger partial charge >= 0.3 is 6.18 Å². The molecule has 0 saturated carbocycles. The minimum atomic E-state index is -4.50. The lowest BCUT2D eigenvalue weighted by molar-refractivity contribution is -0.144. The molecule has 0 radical (unpaired) electrons. The van der Waals surface area contributed by atoms with Crippen LogP contribution in [-0.4, -0.2) is 54.9 Å². The molecule has 0 fully saturated rings. The summed E-state index contributed by atoms with van der Waals surface area (Å²) in [5.41, 5.74) is -1.11. The summed E-state index contributed by atoms with van der Waals surface area (Å²) < 4.78 is 63.3. The van der Waals surface area contributed by atoms with E-state index in [1.807, 2.05) is 0 Å². The van der Waals surface area contributed by atoms with Crippen molar-refractivity contribution in [3.8, 4) is 0 Å². The van der Waals surface area contributed by atoms with Crippen LogP contribution in [0.1, 0.15) is 28.4 Å². The van der Waals surface area contributed by atoms with Crippen molar-refractivity contribution in [2.75, 3.05) is 19.8 Å². The fraction of sp³-hybridized carbons (Fsp3) is 0.412. The molecule has 1 N–H and O–H groups in total. The zero-order chi connectivity index (χ0) is 22.1. The van der Waals surface area contributed by atoms with Gasteiger partial charge < -0.3 is 5.10 Å². The first-order chi connectivity index (χ1) is 13.3. The molecule has 0 atom stereocenters. The summed E-state index contributed by atoms with van der Waals surface area (Å²) in [6.45, 7) is 0.215. The molecular weight excluding hydrogens is 435 g/mol. The van der Waals surface area contributed by atoms with Crippen molar-refractivity contribution in [1.82, 2.24) is 14.7 Å². The second-order valence-corrected chi connectivity index (χ2v) is 8.89. The van der Waals surface area contributed by atoms with Gasteiger partial charge in [0.15, 0.2) is 9.84 Å². The van der Waals surface area contributed by atoms with E-state index in [0.29, 0.717) is 6.54 Å². The minimum absolute atomic E-state index is 0.141. The Morgan fingerprint density at radius 2 is 1.90 bits per heavy atom. The fourth-order valence-corrected chi connectivity index (χ4v) is 4.15. The predicted molar refractivity (Wildman–Crippen MR) is 101 cm³/mol. The van der Waals surface area contributed by atoms with Gasteiger partial charge in [-0.05, 0) is 26.1 Å². The lowest BCUT2D eigenvalue weighted by Crippen LogP contribution is -2.31. The number of halogens is 4. The number of rotatable bonds is 7. The molecule has 29 heavy (non-hydrogen) atoms. The van der Waals surface area contributed by atoms with Gasteiger partial charge in [0.1, 0.15) is 5.56 Å². The van der Waals surface area contributed by atoms with Crippen molar-refractivity contribution in [2.24, 2.45) is 0 Å². The third kappa shape index (κ3) is 5.28. The molecule has 0 aliphatic rings. The number of sulfone groups is 1. The van der Waals surface area contributed by atoms with Gasteiger partial charge in [0.2, 0.25) is 5.78 Å². The third-order valence-corrected chi connectivity index (χ3v) is 5.74. The molecule has 0 aliphatic carbocycles. The van der Waals surface area contributed by atoms with Crippen molar-refractivity contribution in [3.05, 3.63) is 50.4 Å². The van der Waals surface area contributed by atoms with Crippen molar-refractivity contribution in [3.63, 3.8) is 0 Å². The number of H-pyrrole nitrogens is 1. The molecular formula is C17H19ClF3N3O4S. The topological polar surface area (TPSA) is 92.2 Å². The molecule has 7 nitrogen and oxygen atoms in total. The Hall–Kier alpha value is -2.11. The van der Waals surface area contributed by atoms with Crippen molar-refractivity contribution in [1.29, 1.82) is 0 Å². The van der Waals surface area contributed by atoms with E-state index in [9.17, 15) is 31.2 Å². The maximum atomic E-state index is 12.8. The number of hydrogen-bond donors (Lipinski definition) is 1. The maximum absolute atomic E-state index is 12.8. The van der Waals surface area contributed by atoms with Gasteiger partial charge in [-0.1, -0.05) is 11.6 Å². The van der Waals surface area contributed by atoms with E-state index in [2.05, 4.69) is 5.10 Å². The van der Waals surface area contributed by atoms with Crippen LogP contribution in [0, 0.1) is 0 Å². The van der Waals surface area contributed by atoms with Crippen molar-refractivity contribution in [2.45, 2.75) is 31.1 Å². The molecule has 160 valence electrons. The highest BCUT2D eigenvalue weighted by Gasteiger charge is 2.31. The van der Waals surface area contributed by atoms with Gasteiger partial charge in [-0.15, -0.1) is 0 Å². The van der Waals surface area contributed by atoms with Crippen LogP contribution >= 0.6 is 11.6 Å². The molecule has 0 spiro atoms. The Labute approximate surface area is 170 Å². The highest BCUT2D eigenvalue weighted by Crippen LogP contribution is 2.31. The summed E-state index contributed by atoms with van der Waals surface area (Å²) in [5.74, 6) is -0.761. The van der Waals surface area contributed by atoms with Crippen LogP contribution in [0.15, 0.2) is 28.0 Å². The van der Waals surface area contributed by atoms with Crippen LogP contribution in [0.25, 0.3) is 0 Å². The SMILES string of the molecule is CCn1[nH]cc(C(=O)c2ccc(S(C)(=O)=O)c(CN(C)CC(F)(F)F)c2Cl)c1=O. The number of benzene rings is 1. The van der Waals surface area contributed by atoms with Gasteiger partial charge in [0, 0.05) is 36.7 Å². The lowest BCUT2D eigenvalue weighted by atomic mass is 10.0. The second-order valence-electron chi connectivity index (χ2n) is 6.53. The predicted octanol–water partition coefficient (Wildman–Crippen LogP) is 2.48. The van der Waals surface area contributed by atoms with Crippen molar-refractivity contribution >= 4 is 27.2 Å². The molecule has 0 unspecified atom stereocenters. The quantitative estimate of drug-likeness (QED) is 0.650. The van der Waals surface area contributed by atoms with E-state index in [-0.39, 0.29) is 26.6 Å². The van der Waals surface area contributed by atoms with Gasteiger partial charge in [-0.25, -0.2) is 8.42 Å². The molecule has 0 aliphatic heterocycles. The molecule has 2 aromatic rings. The highest BCUT2D eigenvalue weighted by molar-refractivity contribution is 7.90. The lowest BCUT2D eigenvalue weighted by Gasteiger charge is -2.21. The Kier molecular flexibility index (Phi) is 6.65. The van der Waals surface area contributed by atoms with E-state index in [4.69, 9.17) is 11.6 Å². The molecule has 0 saturated heterocycles. The molecule has 12 heteroatoms. The maximum Gasteiger partial charge on any atom is 0.401 e. The number of aromatic nitrogens is 2. The number of hydrogen-bond acceptors (Lipinski definition) is 5. The Morgan fingerprint density at radius 1 is 1.28 bits per heavy atom. The van der Waals surface area contributed by atoms with Crippen LogP contribution in [-0.2, 0) is 22.9 Å². The Bertz CT molecular complexity index is 1090. The first-order valence-electron chi connectivity index (χ1n) is 8.36. The van der Waals surface area contributed by atoms with Gasteiger partial charge in [-0.2, -0.15) is 13.2 Å². The first-order valence-corrected chi connectivity index (χ1v) is 10.6. The summed E-state index contributed by atoms with van der Waals surface area (Å²) in [7, 11) is -2.69. The number of carbonyl (C=O) groups is 1. The largest absolute Gasteiger partial charge is 0.401 e. The number of aromatic amines is 1. The summed E-state index contributed by atoms with van der Waals surface area (Å²) in [6.07, 6.45) is -2.42. The van der Waals surface area contributed by atoms with Gasteiger partial charge in [0.25, 0.3) is 5.56 Å². The number of aryl methyl sites for hydroxylation is 1. The van der Waals surface area contributed by atoms with Gasteiger partial charge in [0.05, 0.1) is 16.5 Å². The Balaban J connectivity index is 2.57. The first kappa shape index (κ1) is 23.2. The minimum Gasteiger partial charge on any atom is -0.302 e.